The van der Waals surface area contributed by atoms with Gasteiger partial charge < -0.3 is 0 Å². The van der Waals surface area contributed by atoms with Crippen LogP contribution >= 0.6 is 23.2 Å². The van der Waals surface area contributed by atoms with Gasteiger partial charge in [-0.25, -0.2) is 8.78 Å². The van der Waals surface area contributed by atoms with Crippen LogP contribution in [0.2, 0.25) is 10.0 Å². The molecule has 0 saturated carbocycles. The number of hydrogen-bond acceptors (Lipinski definition) is 0. The summed E-state index contributed by atoms with van der Waals surface area (Å²) in [7, 11) is 0. The van der Waals surface area contributed by atoms with Gasteiger partial charge in [0.05, 0.1) is 10.0 Å². The van der Waals surface area contributed by atoms with Gasteiger partial charge in [0.15, 0.2) is 0 Å². The van der Waals surface area contributed by atoms with Crippen LogP contribution in [-0.2, 0) is 5.92 Å². The zero-order chi connectivity index (χ0) is 10.1. The molecule has 1 aromatic rings. The molecule has 0 nitrogen and oxygen atoms in total. The lowest BCUT2D eigenvalue weighted by Crippen LogP contribution is -2.11. The number of benzene rings is 1. The van der Waals surface area contributed by atoms with Crippen LogP contribution in [0.25, 0.3) is 0 Å². The van der Waals surface area contributed by atoms with Gasteiger partial charge in [-0.3, -0.25) is 0 Å². The molecule has 1 aromatic carbocycles. The number of halogens is 4. The summed E-state index contributed by atoms with van der Waals surface area (Å²) in [5.41, 5.74) is -0.0931. The van der Waals surface area contributed by atoms with E-state index in [0.29, 0.717) is 0 Å². The Bertz CT molecular complexity index is 310. The van der Waals surface area contributed by atoms with Crippen molar-refractivity contribution in [3.63, 3.8) is 0 Å². The minimum Gasteiger partial charge on any atom is -0.201 e. The first-order valence-electron chi connectivity index (χ1n) is 3.80. The molecule has 13 heavy (non-hydrogen) atoms. The fourth-order valence-corrected chi connectivity index (χ4v) is 1.23. The van der Waals surface area contributed by atoms with Crippen molar-refractivity contribution in [1.29, 1.82) is 0 Å². The van der Waals surface area contributed by atoms with Crippen molar-refractivity contribution < 1.29 is 8.78 Å². The molecule has 0 aliphatic carbocycles. The molecule has 0 saturated heterocycles. The summed E-state index contributed by atoms with van der Waals surface area (Å²) in [4.78, 5) is 0. The van der Waals surface area contributed by atoms with E-state index in [2.05, 4.69) is 0 Å². The molecule has 0 fully saturated rings. The van der Waals surface area contributed by atoms with Crippen LogP contribution in [0.3, 0.4) is 0 Å². The summed E-state index contributed by atoms with van der Waals surface area (Å²) in [5, 5.41) is 0.449. The Hall–Kier alpha value is -0.340. The summed E-state index contributed by atoms with van der Waals surface area (Å²) in [6, 6.07) is 3.87. The molecule has 0 radical (unpaired) electrons. The summed E-state index contributed by atoms with van der Waals surface area (Å²) in [5.74, 6) is -2.83. The molecule has 0 atom stereocenters. The standard InChI is InChI=1S/C9H8Cl2F2/c1-2-9(12,13)6-3-4-7(10)8(11)5-6/h3-5H,2H2,1H3. The third-order valence-corrected chi connectivity index (χ3v) is 2.53. The van der Waals surface area contributed by atoms with Crippen LogP contribution in [0.15, 0.2) is 18.2 Å². The SMILES string of the molecule is CCC(F)(F)c1ccc(Cl)c(Cl)c1. The van der Waals surface area contributed by atoms with Crippen molar-refractivity contribution in [2.75, 3.05) is 0 Å². The molecule has 0 aliphatic heterocycles. The highest BCUT2D eigenvalue weighted by molar-refractivity contribution is 6.42. The molecule has 0 amide bonds. The van der Waals surface area contributed by atoms with Gasteiger partial charge in [0.2, 0.25) is 0 Å². The van der Waals surface area contributed by atoms with Crippen LogP contribution in [-0.4, -0.2) is 0 Å². The summed E-state index contributed by atoms with van der Waals surface area (Å²) in [6.45, 7) is 1.42. The lowest BCUT2D eigenvalue weighted by atomic mass is 10.1. The van der Waals surface area contributed by atoms with E-state index >= 15 is 0 Å². The molecular formula is C9H8Cl2F2. The van der Waals surface area contributed by atoms with Gasteiger partial charge in [-0.1, -0.05) is 36.2 Å². The molecule has 0 aliphatic rings. The number of alkyl halides is 2. The van der Waals surface area contributed by atoms with E-state index in [9.17, 15) is 8.78 Å². The monoisotopic (exact) mass is 224 g/mol. The van der Waals surface area contributed by atoms with E-state index in [0.717, 1.165) is 0 Å². The van der Waals surface area contributed by atoms with Crippen LogP contribution in [0.5, 0.6) is 0 Å². The van der Waals surface area contributed by atoms with Crippen molar-refractivity contribution in [3.8, 4) is 0 Å². The average molecular weight is 225 g/mol. The molecule has 1 rings (SSSR count). The van der Waals surface area contributed by atoms with Crippen LogP contribution in [0, 0.1) is 0 Å². The Morgan fingerprint density at radius 3 is 2.31 bits per heavy atom. The third-order valence-electron chi connectivity index (χ3n) is 1.79. The van der Waals surface area contributed by atoms with E-state index in [1.54, 1.807) is 0 Å². The first-order chi connectivity index (χ1) is 5.97. The van der Waals surface area contributed by atoms with Gasteiger partial charge >= 0.3 is 0 Å². The second-order valence-electron chi connectivity index (χ2n) is 2.69. The summed E-state index contributed by atoms with van der Waals surface area (Å²) < 4.78 is 26.2. The summed E-state index contributed by atoms with van der Waals surface area (Å²) >= 11 is 11.2. The predicted octanol–water partition coefficient (Wildman–Crippen LogP) is 4.50. The molecule has 0 N–H and O–H groups in total. The third kappa shape index (κ3) is 2.32. The normalized spacial score (nSPS) is 11.8. The van der Waals surface area contributed by atoms with Gasteiger partial charge in [-0.2, -0.15) is 0 Å². The second-order valence-corrected chi connectivity index (χ2v) is 3.50. The maximum Gasteiger partial charge on any atom is 0.273 e. The zero-order valence-electron chi connectivity index (χ0n) is 6.95. The van der Waals surface area contributed by atoms with Crippen LogP contribution in [0.4, 0.5) is 8.78 Å². The molecule has 0 spiro atoms. The van der Waals surface area contributed by atoms with Gasteiger partial charge in [-0.05, 0) is 12.1 Å². The maximum absolute atomic E-state index is 13.1. The van der Waals surface area contributed by atoms with E-state index in [4.69, 9.17) is 23.2 Å². The molecular weight excluding hydrogens is 217 g/mol. The lowest BCUT2D eigenvalue weighted by Gasteiger charge is -2.14. The molecule has 0 unspecified atom stereocenters. The second kappa shape index (κ2) is 3.81. The van der Waals surface area contributed by atoms with Crippen molar-refractivity contribution in [2.45, 2.75) is 19.3 Å². The Morgan fingerprint density at radius 1 is 1.23 bits per heavy atom. The lowest BCUT2D eigenvalue weighted by molar-refractivity contribution is -0.00827. The van der Waals surface area contributed by atoms with Crippen LogP contribution in [0.1, 0.15) is 18.9 Å². The Balaban J connectivity index is 3.10. The largest absolute Gasteiger partial charge is 0.273 e. The first kappa shape index (κ1) is 10.7. The van der Waals surface area contributed by atoms with E-state index < -0.39 is 5.92 Å². The van der Waals surface area contributed by atoms with Crippen molar-refractivity contribution in [2.24, 2.45) is 0 Å². The van der Waals surface area contributed by atoms with Crippen molar-refractivity contribution in [1.82, 2.24) is 0 Å². The minimum atomic E-state index is -2.83. The highest BCUT2D eigenvalue weighted by atomic mass is 35.5. The quantitative estimate of drug-likeness (QED) is 0.695. The van der Waals surface area contributed by atoms with Gasteiger partial charge in [0.25, 0.3) is 5.92 Å². The average Bonchev–Trinajstić information content (AvgIpc) is 2.09. The van der Waals surface area contributed by atoms with Gasteiger partial charge in [0.1, 0.15) is 0 Å². The Kier molecular flexibility index (Phi) is 3.14. The van der Waals surface area contributed by atoms with Crippen molar-refractivity contribution >= 4 is 23.2 Å². The van der Waals surface area contributed by atoms with Gasteiger partial charge in [-0.15, -0.1) is 0 Å². The fraction of sp³-hybridized carbons (Fsp3) is 0.333. The zero-order valence-corrected chi connectivity index (χ0v) is 8.46. The molecule has 0 heterocycles. The minimum absolute atomic E-state index is 0.0931. The summed E-state index contributed by atoms with van der Waals surface area (Å²) in [6.07, 6.45) is -0.245. The van der Waals surface area contributed by atoms with Crippen molar-refractivity contribution in [3.05, 3.63) is 33.8 Å². The topological polar surface area (TPSA) is 0 Å². The highest BCUT2D eigenvalue weighted by Gasteiger charge is 2.29. The molecule has 0 aromatic heterocycles. The molecule has 72 valence electrons. The smallest absolute Gasteiger partial charge is 0.201 e. The van der Waals surface area contributed by atoms with Crippen LogP contribution < -0.4 is 0 Å². The molecule has 0 bridgehead atoms. The first-order valence-corrected chi connectivity index (χ1v) is 4.56. The highest BCUT2D eigenvalue weighted by Crippen LogP contribution is 2.34. The van der Waals surface area contributed by atoms with E-state index in [-0.39, 0.29) is 22.0 Å². The van der Waals surface area contributed by atoms with E-state index in [1.165, 1.54) is 25.1 Å². The maximum atomic E-state index is 13.1. The Morgan fingerprint density at radius 2 is 1.85 bits per heavy atom. The fourth-order valence-electron chi connectivity index (χ4n) is 0.928. The van der Waals surface area contributed by atoms with E-state index in [1.807, 2.05) is 0 Å². The predicted molar refractivity (Wildman–Crippen MR) is 50.6 cm³/mol. The number of rotatable bonds is 2. The Labute approximate surface area is 85.5 Å². The van der Waals surface area contributed by atoms with Gasteiger partial charge in [0, 0.05) is 12.0 Å². The number of hydrogen-bond donors (Lipinski definition) is 0. The molecule has 4 heteroatoms.